The maximum absolute atomic E-state index is 14.1. The normalized spacial score (nSPS) is 12.9. The number of anilines is 1. The van der Waals surface area contributed by atoms with Gasteiger partial charge in [0.2, 0.25) is 11.8 Å². The van der Waals surface area contributed by atoms with Crippen LogP contribution in [0.1, 0.15) is 43.9 Å². The fourth-order valence-electron chi connectivity index (χ4n) is 4.10. The summed E-state index contributed by atoms with van der Waals surface area (Å²) in [5.74, 6) is -1.01. The summed E-state index contributed by atoms with van der Waals surface area (Å²) in [7, 11) is -4.22. The lowest BCUT2D eigenvalue weighted by Gasteiger charge is -2.33. The molecular weight excluding hydrogens is 605 g/mol. The van der Waals surface area contributed by atoms with Gasteiger partial charge in [-0.15, -0.1) is 0 Å². The number of nitrogens with one attached hydrogen (secondary N) is 1. The van der Waals surface area contributed by atoms with Crippen molar-refractivity contribution in [2.24, 2.45) is 0 Å². The van der Waals surface area contributed by atoms with Gasteiger partial charge < -0.3 is 10.2 Å². The highest BCUT2D eigenvalue weighted by Gasteiger charge is 2.34. The van der Waals surface area contributed by atoms with Crippen LogP contribution in [0.2, 0.25) is 15.1 Å². The number of benzene rings is 3. The maximum atomic E-state index is 14.1. The van der Waals surface area contributed by atoms with Crippen molar-refractivity contribution in [2.45, 2.75) is 64.6 Å². The van der Waals surface area contributed by atoms with Crippen LogP contribution in [-0.2, 0) is 26.2 Å². The highest BCUT2D eigenvalue weighted by atomic mass is 35.5. The summed E-state index contributed by atoms with van der Waals surface area (Å²) in [6.45, 7) is 8.26. The van der Waals surface area contributed by atoms with Gasteiger partial charge in [0.05, 0.1) is 10.6 Å². The molecule has 0 bridgehead atoms. The van der Waals surface area contributed by atoms with Crippen LogP contribution in [0.3, 0.4) is 0 Å². The molecule has 0 aliphatic heterocycles. The summed E-state index contributed by atoms with van der Waals surface area (Å²) in [4.78, 5) is 28.6. The van der Waals surface area contributed by atoms with E-state index in [1.165, 1.54) is 23.1 Å². The first kappa shape index (κ1) is 32.7. The molecule has 11 heteroatoms. The van der Waals surface area contributed by atoms with Gasteiger partial charge >= 0.3 is 0 Å². The van der Waals surface area contributed by atoms with Crippen LogP contribution in [-0.4, -0.2) is 43.8 Å². The van der Waals surface area contributed by atoms with Crippen LogP contribution in [0.25, 0.3) is 0 Å². The van der Waals surface area contributed by atoms with Crippen molar-refractivity contribution in [2.75, 3.05) is 10.8 Å². The Balaban J connectivity index is 2.11. The number of hydrogen-bond acceptors (Lipinski definition) is 4. The van der Waals surface area contributed by atoms with Crippen LogP contribution in [0.4, 0.5) is 5.69 Å². The van der Waals surface area contributed by atoms with E-state index < -0.39 is 28.5 Å². The lowest BCUT2D eigenvalue weighted by molar-refractivity contribution is -0.139. The Bertz CT molecular complexity index is 1490. The summed E-state index contributed by atoms with van der Waals surface area (Å²) in [6, 6.07) is 15.0. The van der Waals surface area contributed by atoms with Gasteiger partial charge in [0.15, 0.2) is 0 Å². The van der Waals surface area contributed by atoms with Crippen molar-refractivity contribution in [3.05, 3.63) is 92.4 Å². The van der Waals surface area contributed by atoms with E-state index in [9.17, 15) is 18.0 Å². The van der Waals surface area contributed by atoms with Gasteiger partial charge in [0.1, 0.15) is 12.6 Å². The molecule has 0 fully saturated rings. The summed E-state index contributed by atoms with van der Waals surface area (Å²) in [5.41, 5.74) is 2.17. The molecule has 0 spiro atoms. The summed E-state index contributed by atoms with van der Waals surface area (Å²) in [5, 5.41) is 3.84. The number of amides is 2. The fourth-order valence-corrected chi connectivity index (χ4v) is 6.26. The van der Waals surface area contributed by atoms with Gasteiger partial charge in [0.25, 0.3) is 10.0 Å². The van der Waals surface area contributed by atoms with E-state index in [4.69, 9.17) is 34.8 Å². The molecule has 3 aromatic rings. The van der Waals surface area contributed by atoms with Crippen molar-refractivity contribution in [1.29, 1.82) is 0 Å². The summed E-state index contributed by atoms with van der Waals surface area (Å²) < 4.78 is 29.1. The van der Waals surface area contributed by atoms with Crippen molar-refractivity contribution < 1.29 is 18.0 Å². The van der Waals surface area contributed by atoms with Crippen LogP contribution in [0, 0.1) is 13.8 Å². The minimum atomic E-state index is -4.22. The van der Waals surface area contributed by atoms with Crippen LogP contribution in [0.5, 0.6) is 0 Å². The minimum Gasteiger partial charge on any atom is -0.352 e. The number of aryl methyl sites for hydroxylation is 2. The largest absolute Gasteiger partial charge is 0.352 e. The highest BCUT2D eigenvalue weighted by molar-refractivity contribution is 7.92. The number of sulfonamides is 1. The molecule has 41 heavy (non-hydrogen) atoms. The second-order valence-electron chi connectivity index (χ2n) is 9.97. The molecule has 220 valence electrons. The minimum absolute atomic E-state index is 0.0125. The molecule has 3 aromatic carbocycles. The van der Waals surface area contributed by atoms with Gasteiger partial charge in [-0.05, 0) is 76.1 Å². The molecule has 0 aliphatic carbocycles. The molecule has 0 heterocycles. The number of halogens is 3. The lowest BCUT2D eigenvalue weighted by atomic mass is 10.1. The SMILES string of the molecule is CC[C@H](C)NC(=O)[C@@H](C)N(Cc1c(Cl)cccc1Cl)C(=O)CN(c1cc(Cl)ccc1C)S(=O)(=O)c1ccc(C)cc1. The predicted octanol–water partition coefficient (Wildman–Crippen LogP) is 6.79. The zero-order chi connectivity index (χ0) is 30.5. The van der Waals surface area contributed by atoms with Gasteiger partial charge in [-0.2, -0.15) is 0 Å². The maximum Gasteiger partial charge on any atom is 0.264 e. The molecule has 1 N–H and O–H groups in total. The first-order valence-electron chi connectivity index (χ1n) is 13.1. The van der Waals surface area contributed by atoms with Crippen molar-refractivity contribution in [1.82, 2.24) is 10.2 Å². The number of hydrogen-bond donors (Lipinski definition) is 1. The second kappa shape index (κ2) is 13.9. The molecule has 2 atom stereocenters. The Morgan fingerprint density at radius 2 is 1.54 bits per heavy atom. The van der Waals surface area contributed by atoms with E-state index in [1.54, 1.807) is 56.3 Å². The van der Waals surface area contributed by atoms with Crippen LogP contribution in [0.15, 0.2) is 65.6 Å². The number of rotatable bonds is 11. The topological polar surface area (TPSA) is 86.8 Å². The number of carbonyl (C=O) groups excluding carboxylic acids is 2. The average Bonchev–Trinajstić information content (AvgIpc) is 2.92. The van der Waals surface area contributed by atoms with E-state index in [1.807, 2.05) is 20.8 Å². The van der Waals surface area contributed by atoms with E-state index in [2.05, 4.69) is 5.32 Å². The molecule has 7 nitrogen and oxygen atoms in total. The predicted molar refractivity (Wildman–Crippen MR) is 166 cm³/mol. The Labute approximate surface area is 257 Å². The Morgan fingerprint density at radius 3 is 2.12 bits per heavy atom. The quantitative estimate of drug-likeness (QED) is 0.251. The molecule has 0 aromatic heterocycles. The molecule has 3 rings (SSSR count). The van der Waals surface area contributed by atoms with Crippen molar-refractivity contribution >= 4 is 62.3 Å². The van der Waals surface area contributed by atoms with E-state index in [0.717, 1.165) is 9.87 Å². The summed E-state index contributed by atoms with van der Waals surface area (Å²) >= 11 is 19.1. The fraction of sp³-hybridized carbons (Fsp3) is 0.333. The summed E-state index contributed by atoms with van der Waals surface area (Å²) in [6.07, 6.45) is 0.694. The molecule has 0 aliphatic rings. The molecular formula is C30H34Cl3N3O4S. The molecule has 0 saturated heterocycles. The van der Waals surface area contributed by atoms with E-state index >= 15 is 0 Å². The zero-order valence-electron chi connectivity index (χ0n) is 23.6. The number of carbonyl (C=O) groups is 2. The monoisotopic (exact) mass is 637 g/mol. The third-order valence-electron chi connectivity index (χ3n) is 6.89. The van der Waals surface area contributed by atoms with Crippen molar-refractivity contribution in [3.8, 4) is 0 Å². The second-order valence-corrected chi connectivity index (χ2v) is 13.1. The molecule has 0 saturated carbocycles. The third kappa shape index (κ3) is 7.95. The Hall–Kier alpha value is -2.78. The van der Waals surface area contributed by atoms with Gasteiger partial charge in [0, 0.05) is 33.2 Å². The van der Waals surface area contributed by atoms with Gasteiger partial charge in [-0.25, -0.2) is 8.42 Å². The third-order valence-corrected chi connectivity index (χ3v) is 9.60. The smallest absolute Gasteiger partial charge is 0.264 e. The first-order chi connectivity index (χ1) is 19.3. The first-order valence-corrected chi connectivity index (χ1v) is 15.7. The average molecular weight is 639 g/mol. The Morgan fingerprint density at radius 1 is 0.927 bits per heavy atom. The highest BCUT2D eigenvalue weighted by Crippen LogP contribution is 2.31. The lowest BCUT2D eigenvalue weighted by Crippen LogP contribution is -2.52. The van der Waals surface area contributed by atoms with Crippen molar-refractivity contribution in [3.63, 3.8) is 0 Å². The van der Waals surface area contributed by atoms with E-state index in [-0.39, 0.29) is 29.1 Å². The van der Waals surface area contributed by atoms with Crippen LogP contribution >= 0.6 is 34.8 Å². The number of nitrogens with zero attached hydrogens (tertiary/aromatic N) is 2. The molecule has 0 unspecified atom stereocenters. The van der Waals surface area contributed by atoms with Crippen LogP contribution < -0.4 is 9.62 Å². The standard InChI is InChI=1S/C30H34Cl3N3O4S/c1-6-21(4)34-30(38)22(5)35(17-25-26(32)8-7-9-27(25)33)29(37)18-36(28-16-23(31)13-12-20(28)3)41(39,40)24-14-10-19(2)11-15-24/h7-16,21-22H,6,17-18H2,1-5H3,(H,34,38)/t21-,22+/m0/s1. The van der Waals surface area contributed by atoms with Gasteiger partial charge in [-0.1, -0.05) is 71.6 Å². The Kier molecular flexibility index (Phi) is 11.1. The van der Waals surface area contributed by atoms with Gasteiger partial charge in [-0.3, -0.25) is 13.9 Å². The zero-order valence-corrected chi connectivity index (χ0v) is 26.7. The molecule has 0 radical (unpaired) electrons. The van der Waals surface area contributed by atoms with E-state index in [0.29, 0.717) is 32.6 Å². The molecule has 2 amide bonds.